The molecule has 0 radical (unpaired) electrons. The maximum atomic E-state index is 13.7. The summed E-state index contributed by atoms with van der Waals surface area (Å²) in [5.74, 6) is -2.60. The van der Waals surface area contributed by atoms with E-state index in [4.69, 9.17) is 5.11 Å². The molecule has 5 unspecified atom stereocenters. The monoisotopic (exact) mass is 304 g/mol. The highest BCUT2D eigenvalue weighted by Gasteiger charge is 2.51. The van der Waals surface area contributed by atoms with E-state index in [0.29, 0.717) is 0 Å². The third kappa shape index (κ3) is 3.84. The summed E-state index contributed by atoms with van der Waals surface area (Å²) >= 11 is 0. The Morgan fingerprint density at radius 3 is 1.75 bits per heavy atom. The molecule has 1 aromatic carbocycles. The van der Waals surface area contributed by atoms with Gasteiger partial charge in [-0.25, -0.2) is 17.6 Å². The lowest BCUT2D eigenvalue weighted by Gasteiger charge is -2.28. The zero-order valence-corrected chi connectivity index (χ0v) is 9.87. The summed E-state index contributed by atoms with van der Waals surface area (Å²) in [5.41, 5.74) is -0.479. The van der Waals surface area contributed by atoms with Gasteiger partial charge in [-0.3, -0.25) is 0 Å². The Labute approximate surface area is 110 Å². The van der Waals surface area contributed by atoms with Crippen molar-refractivity contribution in [3.8, 4) is 0 Å². The predicted octanol–water partition coefficient (Wildman–Crippen LogP) is 3.63. The summed E-state index contributed by atoms with van der Waals surface area (Å²) in [6.07, 6.45) is -19.0. The minimum atomic E-state index is -5.44. The Morgan fingerprint density at radius 1 is 0.850 bits per heavy atom. The second-order valence-electron chi connectivity index (χ2n) is 4.14. The van der Waals surface area contributed by atoms with Crippen LogP contribution in [-0.4, -0.2) is 36.2 Å². The van der Waals surface area contributed by atoms with Gasteiger partial charge in [0.05, 0.1) is 5.92 Å². The van der Waals surface area contributed by atoms with Gasteiger partial charge in [0.1, 0.15) is 6.17 Å². The lowest BCUT2D eigenvalue weighted by Crippen LogP contribution is -2.42. The van der Waals surface area contributed by atoms with E-state index in [9.17, 15) is 30.7 Å². The number of alkyl halides is 7. The molecule has 0 saturated carbocycles. The first-order chi connectivity index (χ1) is 9.16. The van der Waals surface area contributed by atoms with Crippen LogP contribution in [0.25, 0.3) is 0 Å². The van der Waals surface area contributed by atoms with E-state index in [2.05, 4.69) is 0 Å². The van der Waals surface area contributed by atoms with Crippen molar-refractivity contribution in [1.82, 2.24) is 0 Å². The first kappa shape index (κ1) is 16.7. The van der Waals surface area contributed by atoms with Gasteiger partial charge in [-0.15, -0.1) is 0 Å². The molecular weight excluding hydrogens is 293 g/mol. The van der Waals surface area contributed by atoms with Crippen LogP contribution in [0, 0.1) is 0 Å². The highest BCUT2D eigenvalue weighted by molar-refractivity contribution is 5.23. The van der Waals surface area contributed by atoms with E-state index in [1.54, 1.807) is 0 Å². The summed E-state index contributed by atoms with van der Waals surface area (Å²) in [4.78, 5) is 0. The summed E-state index contributed by atoms with van der Waals surface area (Å²) in [6.45, 7) is 0. The molecule has 0 aliphatic carbocycles. The molecule has 1 aromatic rings. The number of hydrogen-bond acceptors (Lipinski definition) is 1. The van der Waals surface area contributed by atoms with Crippen molar-refractivity contribution >= 4 is 0 Å². The third-order valence-electron chi connectivity index (χ3n) is 2.72. The second-order valence-corrected chi connectivity index (χ2v) is 4.14. The summed E-state index contributed by atoms with van der Waals surface area (Å²) in [7, 11) is 0. The summed E-state index contributed by atoms with van der Waals surface area (Å²) in [5, 5.41) is 8.29. The maximum Gasteiger partial charge on any atom is 0.420 e. The van der Waals surface area contributed by atoms with Crippen LogP contribution in [0.15, 0.2) is 30.3 Å². The average Bonchev–Trinajstić information content (AvgIpc) is 2.37. The lowest BCUT2D eigenvalue weighted by molar-refractivity contribution is -0.195. The van der Waals surface area contributed by atoms with Crippen molar-refractivity contribution in [2.24, 2.45) is 0 Å². The smallest absolute Gasteiger partial charge is 0.362 e. The standard InChI is InChI=1S/C12H11F7O/c13-8(9(14)11(16)20)7(10(15)12(17,18)19)6-4-2-1-3-5-6/h1-5,7-11,20H. The van der Waals surface area contributed by atoms with Crippen molar-refractivity contribution in [3.05, 3.63) is 35.9 Å². The van der Waals surface area contributed by atoms with E-state index in [1.807, 2.05) is 0 Å². The third-order valence-corrected chi connectivity index (χ3v) is 2.72. The summed E-state index contributed by atoms with van der Waals surface area (Å²) < 4.78 is 89.6. The molecule has 114 valence electrons. The van der Waals surface area contributed by atoms with E-state index >= 15 is 0 Å². The minimum absolute atomic E-state index is 0.479. The fraction of sp³-hybridized carbons (Fsp3) is 0.500. The molecule has 1 N–H and O–H groups in total. The number of rotatable bonds is 5. The van der Waals surface area contributed by atoms with Crippen LogP contribution in [-0.2, 0) is 0 Å². The van der Waals surface area contributed by atoms with Crippen LogP contribution >= 0.6 is 0 Å². The van der Waals surface area contributed by atoms with Gasteiger partial charge in [-0.05, 0) is 5.56 Å². The Kier molecular flexibility index (Phi) is 5.38. The van der Waals surface area contributed by atoms with Gasteiger partial charge < -0.3 is 5.11 Å². The molecule has 0 heterocycles. The molecule has 0 aliphatic rings. The largest absolute Gasteiger partial charge is 0.420 e. The zero-order valence-electron chi connectivity index (χ0n) is 9.87. The fourth-order valence-corrected chi connectivity index (χ4v) is 1.74. The van der Waals surface area contributed by atoms with E-state index < -0.39 is 42.5 Å². The molecule has 8 heteroatoms. The lowest BCUT2D eigenvalue weighted by atomic mass is 9.87. The number of aliphatic hydroxyl groups is 1. The van der Waals surface area contributed by atoms with E-state index in [-0.39, 0.29) is 0 Å². The molecule has 0 saturated heterocycles. The minimum Gasteiger partial charge on any atom is -0.362 e. The number of hydrogen-bond donors (Lipinski definition) is 1. The highest BCUT2D eigenvalue weighted by Crippen LogP contribution is 2.39. The molecular formula is C12H11F7O. The van der Waals surface area contributed by atoms with Gasteiger partial charge >= 0.3 is 6.18 Å². The molecule has 5 atom stereocenters. The fourth-order valence-electron chi connectivity index (χ4n) is 1.74. The van der Waals surface area contributed by atoms with Crippen LogP contribution < -0.4 is 0 Å². The molecule has 1 nitrogen and oxygen atoms in total. The van der Waals surface area contributed by atoms with Crippen LogP contribution in [0.3, 0.4) is 0 Å². The quantitative estimate of drug-likeness (QED) is 0.824. The van der Waals surface area contributed by atoms with Gasteiger partial charge in [0.15, 0.2) is 6.17 Å². The number of halogens is 7. The normalized spacial score (nSPS) is 20.0. The van der Waals surface area contributed by atoms with Crippen molar-refractivity contribution in [3.63, 3.8) is 0 Å². The molecule has 20 heavy (non-hydrogen) atoms. The first-order valence-electron chi connectivity index (χ1n) is 5.52. The molecule has 0 aromatic heterocycles. The number of benzene rings is 1. The van der Waals surface area contributed by atoms with Crippen LogP contribution in [0.2, 0.25) is 0 Å². The Morgan fingerprint density at radius 2 is 1.35 bits per heavy atom. The van der Waals surface area contributed by atoms with Gasteiger partial charge in [-0.2, -0.15) is 13.2 Å². The van der Waals surface area contributed by atoms with Crippen molar-refractivity contribution in [2.75, 3.05) is 0 Å². The predicted molar refractivity (Wildman–Crippen MR) is 57.0 cm³/mol. The van der Waals surface area contributed by atoms with Gasteiger partial charge in [0.25, 0.3) is 0 Å². The van der Waals surface area contributed by atoms with E-state index in [0.717, 1.165) is 12.1 Å². The second kappa shape index (κ2) is 6.43. The topological polar surface area (TPSA) is 20.2 Å². The average molecular weight is 304 g/mol. The maximum absolute atomic E-state index is 13.7. The molecule has 0 fully saturated rings. The van der Waals surface area contributed by atoms with Crippen molar-refractivity contribution < 1.29 is 35.8 Å². The SMILES string of the molecule is OC(F)C(F)C(F)C(c1ccccc1)C(F)C(F)(F)F. The molecule has 0 spiro atoms. The van der Waals surface area contributed by atoms with Crippen molar-refractivity contribution in [2.45, 2.75) is 37.0 Å². The van der Waals surface area contributed by atoms with E-state index in [1.165, 1.54) is 18.2 Å². The Bertz CT molecular complexity index is 406. The summed E-state index contributed by atoms with van der Waals surface area (Å²) in [6, 6.07) is 5.72. The molecule has 0 amide bonds. The molecule has 1 rings (SSSR count). The van der Waals surface area contributed by atoms with Gasteiger partial charge in [0, 0.05) is 0 Å². The number of aliphatic hydroxyl groups excluding tert-OH is 1. The van der Waals surface area contributed by atoms with Crippen molar-refractivity contribution in [1.29, 1.82) is 0 Å². The Hall–Kier alpha value is -1.31. The van der Waals surface area contributed by atoms with Crippen LogP contribution in [0.4, 0.5) is 30.7 Å². The zero-order chi connectivity index (χ0) is 15.5. The van der Waals surface area contributed by atoms with Crippen LogP contribution in [0.5, 0.6) is 0 Å². The molecule has 0 aliphatic heterocycles. The van der Waals surface area contributed by atoms with Crippen LogP contribution in [0.1, 0.15) is 11.5 Å². The Balaban J connectivity index is 3.15. The molecule has 0 bridgehead atoms. The van der Waals surface area contributed by atoms with Gasteiger partial charge in [0.2, 0.25) is 12.5 Å². The highest BCUT2D eigenvalue weighted by atomic mass is 19.4. The first-order valence-corrected chi connectivity index (χ1v) is 5.52. The van der Waals surface area contributed by atoms with Gasteiger partial charge in [-0.1, -0.05) is 30.3 Å².